The molecule has 0 aliphatic carbocycles. The quantitative estimate of drug-likeness (QED) is 0.0325. The number of alkyl halides is 3. The van der Waals surface area contributed by atoms with Gasteiger partial charge in [-0.2, -0.15) is 13.2 Å². The van der Waals surface area contributed by atoms with E-state index in [0.717, 1.165) is 64.2 Å². The van der Waals surface area contributed by atoms with Crippen LogP contribution in [0.25, 0.3) is 0 Å². The second-order valence-electron chi connectivity index (χ2n) is 35.3. The summed E-state index contributed by atoms with van der Waals surface area (Å²) in [4.78, 5) is 11.0. The molecule has 6 N–H and O–H groups in total. The molecule has 0 aromatic heterocycles. The van der Waals surface area contributed by atoms with E-state index in [-0.39, 0.29) is 45.0 Å². The van der Waals surface area contributed by atoms with Crippen molar-refractivity contribution in [2.24, 2.45) is 90.7 Å². The van der Waals surface area contributed by atoms with Gasteiger partial charge in [0, 0.05) is 39.1 Å². The number of hydrogen-bond acceptors (Lipinski definition) is 9. The number of rotatable bonds is 45. The van der Waals surface area contributed by atoms with Gasteiger partial charge in [0.2, 0.25) is 0 Å². The number of aliphatic hydroxyl groups is 6. The fourth-order valence-corrected chi connectivity index (χ4v) is 12.8. The highest BCUT2D eigenvalue weighted by Gasteiger charge is 2.55. The number of Topliss-reactive ketones (excluding diaryl/α,β-unsaturated/α-hetero) is 1. The van der Waals surface area contributed by atoms with E-state index in [0.29, 0.717) is 97.6 Å². The molecule has 0 amide bonds. The van der Waals surface area contributed by atoms with Gasteiger partial charge in [0.15, 0.2) is 0 Å². The second kappa shape index (κ2) is 61.1. The van der Waals surface area contributed by atoms with Crippen LogP contribution < -0.4 is 0 Å². The molecule has 0 saturated heterocycles. The van der Waals surface area contributed by atoms with E-state index < -0.39 is 34.0 Å². The normalized spacial score (nSPS) is 16.9. The topological polar surface area (TPSA) is 173 Å². The van der Waals surface area contributed by atoms with Gasteiger partial charge in [0.05, 0.1) is 23.9 Å². The predicted molar refractivity (Wildman–Crippen MR) is 436 cm³/mol. The third-order valence-corrected chi connectivity index (χ3v) is 26.1. The van der Waals surface area contributed by atoms with Crippen molar-refractivity contribution < 1.29 is 57.0 Å². The van der Waals surface area contributed by atoms with Crippen LogP contribution in [-0.4, -0.2) is 102 Å². The van der Waals surface area contributed by atoms with Crippen LogP contribution in [0.1, 0.15) is 408 Å². The highest BCUT2D eigenvalue weighted by Crippen LogP contribution is 2.48. The minimum absolute atomic E-state index is 0.0150. The average molecular weight is 1460 g/mol. The van der Waals surface area contributed by atoms with Crippen LogP contribution in [0.2, 0.25) is 0 Å². The van der Waals surface area contributed by atoms with E-state index in [4.69, 9.17) is 10.2 Å². The first-order valence-corrected chi connectivity index (χ1v) is 43.2. The van der Waals surface area contributed by atoms with Crippen LogP contribution in [0.3, 0.4) is 0 Å². The predicted octanol–water partition coefficient (Wildman–Crippen LogP) is 25.8. The molecule has 9 atom stereocenters. The smallest absolute Gasteiger partial charge is 0.396 e. The summed E-state index contributed by atoms with van der Waals surface area (Å²) in [5, 5.41) is 55.6. The van der Waals surface area contributed by atoms with Crippen LogP contribution in [-0.2, 0) is 14.6 Å². The Labute approximate surface area is 625 Å². The lowest BCUT2D eigenvalue weighted by Gasteiger charge is -2.37. The van der Waals surface area contributed by atoms with Crippen LogP contribution in [0.4, 0.5) is 13.2 Å². The molecule has 0 radical (unpaired) electrons. The zero-order valence-electron chi connectivity index (χ0n) is 73.7. The number of carbonyl (C=O) groups is 1. The van der Waals surface area contributed by atoms with Crippen molar-refractivity contribution in [1.29, 1.82) is 0 Å². The Balaban J connectivity index is -0.000000162. The molecule has 0 fully saturated rings. The number of halogens is 3. The van der Waals surface area contributed by atoms with E-state index in [1.54, 1.807) is 6.92 Å². The van der Waals surface area contributed by atoms with E-state index in [1.807, 2.05) is 13.8 Å². The van der Waals surface area contributed by atoms with Crippen LogP contribution >= 0.6 is 0 Å². The third-order valence-electron chi connectivity index (χ3n) is 25.2. The summed E-state index contributed by atoms with van der Waals surface area (Å²) >= 11 is 0. The maximum atomic E-state index is 12.8. The molecule has 100 heavy (non-hydrogen) atoms. The van der Waals surface area contributed by atoms with Crippen LogP contribution in [0, 0.1) is 90.7 Å². The summed E-state index contributed by atoms with van der Waals surface area (Å²) in [6.07, 6.45) is 27.1. The Kier molecular flexibility index (Phi) is 70.3. The van der Waals surface area contributed by atoms with Crippen molar-refractivity contribution >= 4 is 15.6 Å². The van der Waals surface area contributed by atoms with Crippen molar-refractivity contribution in [3.05, 3.63) is 0 Å². The Bertz CT molecular complexity index is 1910. The molecule has 0 saturated carbocycles. The highest BCUT2D eigenvalue weighted by molar-refractivity contribution is 7.90. The van der Waals surface area contributed by atoms with E-state index in [1.165, 1.54) is 116 Å². The highest BCUT2D eigenvalue weighted by atomic mass is 32.2. The molecule has 0 aliphatic heterocycles. The molecule has 0 spiro atoms. The summed E-state index contributed by atoms with van der Waals surface area (Å²) in [6, 6.07) is 0. The van der Waals surface area contributed by atoms with Crippen molar-refractivity contribution in [2.45, 2.75) is 421 Å². The van der Waals surface area contributed by atoms with Crippen LogP contribution in [0.15, 0.2) is 0 Å². The largest absolute Gasteiger partial charge is 0.396 e. The lowest BCUT2D eigenvalue weighted by atomic mass is 9.71. The number of sulfone groups is 1. The van der Waals surface area contributed by atoms with Crippen molar-refractivity contribution in [3.63, 3.8) is 0 Å². The first-order chi connectivity index (χ1) is 45.7. The minimum atomic E-state index is -4.31. The fraction of sp³-hybridized carbons (Fsp3) is 0.989. The van der Waals surface area contributed by atoms with Crippen molar-refractivity contribution in [3.8, 4) is 0 Å². The number of carbonyl (C=O) groups excluding carboxylic acids is 1. The lowest BCUT2D eigenvalue weighted by molar-refractivity contribution is -0.254. The molecule has 9 unspecified atom stereocenters. The average Bonchev–Trinajstić information content (AvgIpc) is 0.794. The molecule has 0 aromatic rings. The van der Waals surface area contributed by atoms with Gasteiger partial charge in [-0.1, -0.05) is 317 Å². The molecule has 0 bridgehead atoms. The van der Waals surface area contributed by atoms with Gasteiger partial charge >= 0.3 is 6.18 Å². The summed E-state index contributed by atoms with van der Waals surface area (Å²) in [5.41, 5.74) is -0.629. The SMILES string of the molecule is CCCC(C)(CO)C(C)C.CCCCC(C)(C(C)C)C(C)O.CCCCC(C)(CCC(C)=O)C(C)C.CCCCC(C)(CCS(C)(=O)=O)C(C)C.CCCCC(C)(CO)C(C)C.CCCCC(CC)(CO)C(C)C.CCCCC(CO)(C(C)C)C(F)(F)F.CCCCCC(C)(CO)C(C)C. The summed E-state index contributed by atoms with van der Waals surface area (Å²) in [7, 11) is -2.82. The number of hydrogen-bond donors (Lipinski definition) is 6. The number of aliphatic hydroxyl groups excluding tert-OH is 6. The zero-order valence-corrected chi connectivity index (χ0v) is 74.5. The van der Waals surface area contributed by atoms with Gasteiger partial charge in [0.1, 0.15) is 15.6 Å². The molecule has 9 nitrogen and oxygen atoms in total. The van der Waals surface area contributed by atoms with Crippen molar-refractivity contribution in [2.75, 3.05) is 45.0 Å². The maximum Gasteiger partial charge on any atom is 0.396 e. The lowest BCUT2D eigenvalue weighted by Crippen LogP contribution is -2.45. The molecule has 13 heteroatoms. The summed E-state index contributed by atoms with van der Waals surface area (Å²) < 4.78 is 60.7. The minimum Gasteiger partial charge on any atom is -0.396 e. The van der Waals surface area contributed by atoms with E-state index >= 15 is 0 Å². The van der Waals surface area contributed by atoms with Crippen molar-refractivity contribution in [1.82, 2.24) is 0 Å². The number of ketones is 1. The third kappa shape index (κ3) is 50.7. The summed E-state index contributed by atoms with van der Waals surface area (Å²) in [6.45, 7) is 70.7. The second-order valence-corrected chi connectivity index (χ2v) is 37.5. The fourth-order valence-electron chi connectivity index (χ4n) is 11.9. The van der Waals surface area contributed by atoms with Gasteiger partial charge < -0.3 is 35.4 Å². The van der Waals surface area contributed by atoms with Gasteiger partial charge in [-0.05, 0) is 170 Å². The maximum absolute atomic E-state index is 12.8. The first kappa shape index (κ1) is 115. The zero-order chi connectivity index (χ0) is 80.8. The van der Waals surface area contributed by atoms with Gasteiger partial charge in [-0.25, -0.2) is 8.42 Å². The Morgan fingerprint density at radius 2 is 0.660 bits per heavy atom. The van der Waals surface area contributed by atoms with E-state index in [2.05, 4.69) is 194 Å². The Morgan fingerprint density at radius 3 is 0.890 bits per heavy atom. The Morgan fingerprint density at radius 1 is 0.350 bits per heavy atom. The van der Waals surface area contributed by atoms with E-state index in [9.17, 15) is 46.8 Å². The monoisotopic (exact) mass is 1460 g/mol. The molecule has 0 rings (SSSR count). The van der Waals surface area contributed by atoms with Gasteiger partial charge in [0.25, 0.3) is 0 Å². The molecule has 0 heterocycles. The molecule has 0 aliphatic rings. The molecular weight excluding hydrogens is 1280 g/mol. The number of unbranched alkanes of at least 4 members (excludes halogenated alkanes) is 8. The summed E-state index contributed by atoms with van der Waals surface area (Å²) in [5.74, 6) is 4.19. The van der Waals surface area contributed by atoms with Crippen LogP contribution in [0.5, 0.6) is 0 Å². The Hall–Kier alpha value is -0.830. The first-order valence-electron chi connectivity index (χ1n) is 41.2. The van der Waals surface area contributed by atoms with Gasteiger partial charge in [-0.3, -0.25) is 0 Å². The standard InChI is InChI=1S/C13H26O.C12H26O2S.3C11H24O.C10H19F3O.C10H22O.C9H20O/c1-6-7-9-13(5,11(2)3)10-8-12(4)14;1-6-7-8-12(4,11(2)3)9-10-15(5,13)14;1-6-7-8-11(5,9(2)3)10(4)12;1-5-6-7-8-11(4,9-12)10(2)3;1-5-7-8-11(6-2,9-12)10(3)4;1-4-5-6-9(7-14,8(2)3)10(11,12)13;1-5-6-7-10(4,8-11)9(2)3;1-5-6-9(4,7-10)8(2)3/h11H,6-10H2,1-5H3;11H,6-10H2,1-5H3;9-10,12H,6-8H2,1-5H3;2*10,12H,5-9H2,1-4H3;8,14H,4-7H2,1-3H3;9,11H,5-8H2,1-4H3;8,10H,5-7H2,1-4H3. The van der Waals surface area contributed by atoms with Gasteiger partial charge in [-0.15, -0.1) is 0 Å². The molecule has 0 aromatic carbocycles. The molecule has 614 valence electrons. The molecular formula is C87H185F3O9S.